The number of hydrogen-bond acceptors (Lipinski definition) is 2. The summed E-state index contributed by atoms with van der Waals surface area (Å²) in [4.78, 5) is 0. The molecule has 0 atom stereocenters. The number of nitrogen functional groups attached to an aromatic ring is 1. The number of anilines is 1. The van der Waals surface area contributed by atoms with Gasteiger partial charge in [0.15, 0.2) is 0 Å². The molecule has 2 nitrogen and oxygen atoms in total. The molecular weight excluding hydrogens is 302 g/mol. The summed E-state index contributed by atoms with van der Waals surface area (Å²) in [6.45, 7) is 0.475. The smallest absolute Gasteiger partial charge is 0.142 e. The predicted molar refractivity (Wildman–Crippen MR) is 74.3 cm³/mol. The van der Waals surface area contributed by atoms with E-state index in [-0.39, 0.29) is 0 Å². The van der Waals surface area contributed by atoms with E-state index >= 15 is 0 Å². The lowest BCUT2D eigenvalue weighted by Gasteiger charge is -2.09. The topological polar surface area (TPSA) is 35.2 Å². The zero-order chi connectivity index (χ0) is 12.3. The molecule has 0 bridgehead atoms. The van der Waals surface area contributed by atoms with Crippen LogP contribution in [0.25, 0.3) is 0 Å². The van der Waals surface area contributed by atoms with Crippen LogP contribution < -0.4 is 10.5 Å². The number of nitrogens with two attached hydrogens (primary N) is 1. The van der Waals surface area contributed by atoms with Crippen molar-refractivity contribution in [3.8, 4) is 5.75 Å². The minimum atomic E-state index is 0.475. The third-order valence-electron chi connectivity index (χ3n) is 2.28. The first-order valence-corrected chi connectivity index (χ1v) is 6.24. The minimum absolute atomic E-state index is 0.475. The second kappa shape index (κ2) is 5.43. The molecule has 2 aromatic carbocycles. The van der Waals surface area contributed by atoms with Gasteiger partial charge in [-0.2, -0.15) is 0 Å². The van der Waals surface area contributed by atoms with Crippen LogP contribution in [0.15, 0.2) is 46.9 Å². The van der Waals surface area contributed by atoms with E-state index in [1.165, 1.54) is 0 Å². The Balaban J connectivity index is 2.04. The van der Waals surface area contributed by atoms with Gasteiger partial charge in [-0.1, -0.05) is 39.7 Å². The fourth-order valence-electron chi connectivity index (χ4n) is 1.39. The average Bonchev–Trinajstić information content (AvgIpc) is 2.30. The van der Waals surface area contributed by atoms with Gasteiger partial charge in [0, 0.05) is 9.50 Å². The predicted octanol–water partition coefficient (Wildman–Crippen LogP) is 4.26. The van der Waals surface area contributed by atoms with Crippen molar-refractivity contribution in [3.05, 3.63) is 57.5 Å². The number of ether oxygens (including phenoxy) is 1. The first kappa shape index (κ1) is 12.3. The first-order chi connectivity index (χ1) is 8.15. The molecule has 88 valence electrons. The Hall–Kier alpha value is -1.19. The number of rotatable bonds is 3. The molecule has 2 aromatic rings. The van der Waals surface area contributed by atoms with E-state index in [1.807, 2.05) is 42.5 Å². The van der Waals surface area contributed by atoms with Crippen LogP contribution >= 0.6 is 27.5 Å². The zero-order valence-corrected chi connectivity index (χ0v) is 11.3. The molecule has 0 spiro atoms. The highest BCUT2D eigenvalue weighted by atomic mass is 79.9. The maximum absolute atomic E-state index is 5.83. The van der Waals surface area contributed by atoms with Crippen LogP contribution in [0.5, 0.6) is 5.75 Å². The van der Waals surface area contributed by atoms with Crippen LogP contribution in [-0.2, 0) is 6.61 Å². The van der Waals surface area contributed by atoms with Gasteiger partial charge in [0.25, 0.3) is 0 Å². The van der Waals surface area contributed by atoms with E-state index in [0.29, 0.717) is 18.0 Å². The van der Waals surface area contributed by atoms with Crippen LogP contribution in [0.4, 0.5) is 5.69 Å². The number of hydrogen-bond donors (Lipinski definition) is 1. The summed E-state index contributed by atoms with van der Waals surface area (Å²) in [7, 11) is 0. The van der Waals surface area contributed by atoms with Gasteiger partial charge in [0.1, 0.15) is 12.4 Å². The van der Waals surface area contributed by atoms with Gasteiger partial charge in [0.05, 0.1) is 5.69 Å². The van der Waals surface area contributed by atoms with E-state index in [2.05, 4.69) is 15.9 Å². The Morgan fingerprint density at radius 2 is 1.82 bits per heavy atom. The lowest BCUT2D eigenvalue weighted by atomic mass is 10.2. The summed E-state index contributed by atoms with van der Waals surface area (Å²) < 4.78 is 6.57. The lowest BCUT2D eigenvalue weighted by Crippen LogP contribution is -1.98. The molecule has 0 fully saturated rings. The van der Waals surface area contributed by atoms with Gasteiger partial charge in [-0.05, 0) is 35.9 Å². The highest BCUT2D eigenvalue weighted by molar-refractivity contribution is 9.10. The molecule has 2 rings (SSSR count). The molecule has 0 amide bonds. The van der Waals surface area contributed by atoms with Crippen LogP contribution in [0, 0.1) is 0 Å². The van der Waals surface area contributed by atoms with Crippen LogP contribution in [0.3, 0.4) is 0 Å². The summed E-state index contributed by atoms with van der Waals surface area (Å²) in [5, 5.41) is 0.719. The summed E-state index contributed by atoms with van der Waals surface area (Å²) >= 11 is 9.16. The molecule has 2 N–H and O–H groups in total. The van der Waals surface area contributed by atoms with E-state index in [4.69, 9.17) is 22.1 Å². The van der Waals surface area contributed by atoms with Gasteiger partial charge in [-0.25, -0.2) is 0 Å². The standard InChI is InChI=1S/C13H11BrClNO/c14-10-3-6-13(12(16)7-10)17-8-9-1-4-11(15)5-2-9/h1-7H,8,16H2. The van der Waals surface area contributed by atoms with Crippen molar-refractivity contribution in [3.63, 3.8) is 0 Å². The van der Waals surface area contributed by atoms with E-state index < -0.39 is 0 Å². The van der Waals surface area contributed by atoms with Gasteiger partial charge in [-0.15, -0.1) is 0 Å². The Morgan fingerprint density at radius 1 is 1.12 bits per heavy atom. The molecule has 0 aliphatic heterocycles. The molecule has 0 aromatic heterocycles. The molecule has 0 heterocycles. The Morgan fingerprint density at radius 3 is 2.47 bits per heavy atom. The monoisotopic (exact) mass is 311 g/mol. The molecule has 0 unspecified atom stereocenters. The average molecular weight is 313 g/mol. The third-order valence-corrected chi connectivity index (χ3v) is 3.02. The van der Waals surface area contributed by atoms with Crippen molar-refractivity contribution in [1.82, 2.24) is 0 Å². The van der Waals surface area contributed by atoms with Crippen LogP contribution in [0.1, 0.15) is 5.56 Å². The quantitative estimate of drug-likeness (QED) is 0.859. The molecule has 0 saturated heterocycles. The maximum Gasteiger partial charge on any atom is 0.142 e. The van der Waals surface area contributed by atoms with Crippen molar-refractivity contribution in [2.24, 2.45) is 0 Å². The molecule has 0 radical (unpaired) electrons. The van der Waals surface area contributed by atoms with Crippen molar-refractivity contribution in [2.45, 2.75) is 6.61 Å². The molecule has 0 aliphatic carbocycles. The number of halogens is 2. The van der Waals surface area contributed by atoms with Gasteiger partial charge >= 0.3 is 0 Å². The molecular formula is C13H11BrClNO. The molecule has 0 aliphatic rings. The third kappa shape index (κ3) is 3.38. The van der Waals surface area contributed by atoms with Crippen molar-refractivity contribution >= 4 is 33.2 Å². The van der Waals surface area contributed by atoms with Crippen LogP contribution in [-0.4, -0.2) is 0 Å². The Bertz CT molecular complexity index is 513. The largest absolute Gasteiger partial charge is 0.487 e. The highest BCUT2D eigenvalue weighted by Crippen LogP contribution is 2.26. The Kier molecular flexibility index (Phi) is 3.92. The van der Waals surface area contributed by atoms with Crippen molar-refractivity contribution < 1.29 is 4.74 Å². The Labute approximate surface area is 113 Å². The lowest BCUT2D eigenvalue weighted by molar-refractivity contribution is 0.308. The van der Waals surface area contributed by atoms with E-state index in [9.17, 15) is 0 Å². The zero-order valence-electron chi connectivity index (χ0n) is 8.99. The SMILES string of the molecule is Nc1cc(Br)ccc1OCc1ccc(Cl)cc1. The van der Waals surface area contributed by atoms with E-state index in [0.717, 1.165) is 15.1 Å². The molecule has 17 heavy (non-hydrogen) atoms. The second-order valence-corrected chi connectivity index (χ2v) is 4.95. The van der Waals surface area contributed by atoms with Crippen LogP contribution in [0.2, 0.25) is 5.02 Å². The fourth-order valence-corrected chi connectivity index (χ4v) is 1.90. The van der Waals surface area contributed by atoms with Crippen molar-refractivity contribution in [1.29, 1.82) is 0 Å². The normalized spacial score (nSPS) is 10.2. The molecule has 0 saturated carbocycles. The van der Waals surface area contributed by atoms with Gasteiger partial charge in [-0.3, -0.25) is 0 Å². The fraction of sp³-hybridized carbons (Fsp3) is 0.0769. The maximum atomic E-state index is 5.83. The summed E-state index contributed by atoms with van der Waals surface area (Å²) in [6, 6.07) is 13.1. The molecule has 4 heteroatoms. The second-order valence-electron chi connectivity index (χ2n) is 3.60. The highest BCUT2D eigenvalue weighted by Gasteiger charge is 2.01. The first-order valence-electron chi connectivity index (χ1n) is 5.07. The van der Waals surface area contributed by atoms with Crippen molar-refractivity contribution in [2.75, 3.05) is 5.73 Å². The number of benzene rings is 2. The van der Waals surface area contributed by atoms with E-state index in [1.54, 1.807) is 0 Å². The van der Waals surface area contributed by atoms with Gasteiger partial charge < -0.3 is 10.5 Å². The summed E-state index contributed by atoms with van der Waals surface area (Å²) in [5.41, 5.74) is 7.50. The summed E-state index contributed by atoms with van der Waals surface area (Å²) in [6.07, 6.45) is 0. The van der Waals surface area contributed by atoms with Gasteiger partial charge in [0.2, 0.25) is 0 Å². The summed E-state index contributed by atoms with van der Waals surface area (Å²) in [5.74, 6) is 0.683. The minimum Gasteiger partial charge on any atom is -0.487 e.